The Morgan fingerprint density at radius 3 is 2.46 bits per heavy atom. The lowest BCUT2D eigenvalue weighted by molar-refractivity contribution is 0.0527. The first-order chi connectivity index (χ1) is 12.4. The molecular weight excluding hydrogens is 398 g/mol. The molecule has 5 nitrogen and oxygen atoms in total. The van der Waals surface area contributed by atoms with Crippen LogP contribution in [0.15, 0.2) is 46.9 Å². The molecule has 0 saturated carbocycles. The number of benzene rings is 2. The number of fused-ring (bicyclic) bond motifs is 1. The zero-order valence-electron chi connectivity index (χ0n) is 14.7. The highest BCUT2D eigenvalue weighted by atomic mass is 79.9. The van der Waals surface area contributed by atoms with Gasteiger partial charge in [0.05, 0.1) is 23.3 Å². The standard InChI is InChI=1S/C20H18BrNO4/c1-4-25-20(24)18-12(2)22(3)17-11-16(21)14(10-15(17)18)19(23)26-13-8-6-5-7-9-13/h5-11H,4H2,1-3H3. The Hall–Kier alpha value is -2.60. The van der Waals surface area contributed by atoms with Gasteiger partial charge in [-0.25, -0.2) is 9.59 Å². The lowest BCUT2D eigenvalue weighted by atomic mass is 10.1. The predicted octanol–water partition coefficient (Wildman–Crippen LogP) is 4.65. The van der Waals surface area contributed by atoms with Crippen LogP contribution in [0.4, 0.5) is 0 Å². The molecule has 0 bridgehead atoms. The number of carbonyl (C=O) groups excluding carboxylic acids is 2. The fourth-order valence-corrected chi connectivity index (χ4v) is 3.34. The second-order valence-corrected chi connectivity index (χ2v) is 6.65. The first-order valence-corrected chi connectivity index (χ1v) is 8.96. The first-order valence-electron chi connectivity index (χ1n) is 8.17. The highest BCUT2D eigenvalue weighted by Crippen LogP contribution is 2.31. The topological polar surface area (TPSA) is 57.5 Å². The molecule has 26 heavy (non-hydrogen) atoms. The molecule has 6 heteroatoms. The second-order valence-electron chi connectivity index (χ2n) is 5.79. The SMILES string of the molecule is CCOC(=O)c1c(C)n(C)c2cc(Br)c(C(=O)Oc3ccccc3)cc12. The summed E-state index contributed by atoms with van der Waals surface area (Å²) < 4.78 is 13.1. The molecule has 0 saturated heterocycles. The molecule has 0 amide bonds. The maximum Gasteiger partial charge on any atom is 0.344 e. The first kappa shape index (κ1) is 18.2. The average molecular weight is 416 g/mol. The average Bonchev–Trinajstić information content (AvgIpc) is 2.86. The van der Waals surface area contributed by atoms with E-state index in [0.29, 0.717) is 26.7 Å². The summed E-state index contributed by atoms with van der Waals surface area (Å²) in [4.78, 5) is 25.0. The predicted molar refractivity (Wildman–Crippen MR) is 103 cm³/mol. The van der Waals surface area contributed by atoms with Crippen molar-refractivity contribution >= 4 is 38.8 Å². The number of halogens is 1. The number of aromatic nitrogens is 1. The van der Waals surface area contributed by atoms with Gasteiger partial charge in [0.2, 0.25) is 0 Å². The molecule has 0 fully saturated rings. The zero-order chi connectivity index (χ0) is 18.8. The highest BCUT2D eigenvalue weighted by Gasteiger charge is 2.23. The summed E-state index contributed by atoms with van der Waals surface area (Å²) in [6.45, 7) is 3.90. The van der Waals surface area contributed by atoms with Crippen LogP contribution >= 0.6 is 15.9 Å². The Morgan fingerprint density at radius 1 is 1.12 bits per heavy atom. The van der Waals surface area contributed by atoms with Gasteiger partial charge in [0.15, 0.2) is 0 Å². The Balaban J connectivity index is 2.10. The normalized spacial score (nSPS) is 10.8. The van der Waals surface area contributed by atoms with Crippen molar-refractivity contribution in [3.63, 3.8) is 0 Å². The Morgan fingerprint density at radius 2 is 1.81 bits per heavy atom. The van der Waals surface area contributed by atoms with Gasteiger partial charge in [-0.1, -0.05) is 18.2 Å². The van der Waals surface area contributed by atoms with Crippen LogP contribution in [-0.2, 0) is 11.8 Å². The van der Waals surface area contributed by atoms with E-state index in [9.17, 15) is 9.59 Å². The van der Waals surface area contributed by atoms with Crippen molar-refractivity contribution in [2.24, 2.45) is 7.05 Å². The number of aryl methyl sites for hydroxylation is 1. The third kappa shape index (κ3) is 3.24. The van der Waals surface area contributed by atoms with E-state index in [1.54, 1.807) is 37.3 Å². The van der Waals surface area contributed by atoms with Gasteiger partial charge < -0.3 is 14.0 Å². The number of hydrogen-bond donors (Lipinski definition) is 0. The van der Waals surface area contributed by atoms with Gasteiger partial charge in [0.25, 0.3) is 0 Å². The Bertz CT molecular complexity index is 992. The maximum atomic E-state index is 12.6. The van der Waals surface area contributed by atoms with Crippen molar-refractivity contribution < 1.29 is 19.1 Å². The Labute approximate surface area is 159 Å². The molecule has 3 aromatic rings. The molecule has 3 rings (SSSR count). The van der Waals surface area contributed by atoms with Crippen LogP contribution in [0.25, 0.3) is 10.9 Å². The molecule has 134 valence electrons. The van der Waals surface area contributed by atoms with Crippen LogP contribution in [0.3, 0.4) is 0 Å². The smallest absolute Gasteiger partial charge is 0.344 e. The summed E-state index contributed by atoms with van der Waals surface area (Å²) in [5, 5.41) is 0.659. The lowest BCUT2D eigenvalue weighted by Crippen LogP contribution is -2.10. The van der Waals surface area contributed by atoms with Gasteiger partial charge in [0.1, 0.15) is 5.75 Å². The van der Waals surface area contributed by atoms with Crippen molar-refractivity contribution in [1.82, 2.24) is 4.57 Å². The van der Waals surface area contributed by atoms with Crippen molar-refractivity contribution in [3.05, 3.63) is 63.8 Å². The van der Waals surface area contributed by atoms with Crippen molar-refractivity contribution in [1.29, 1.82) is 0 Å². The minimum Gasteiger partial charge on any atom is -0.462 e. The molecule has 1 heterocycles. The maximum absolute atomic E-state index is 12.6. The van der Waals surface area contributed by atoms with E-state index in [-0.39, 0.29) is 6.61 Å². The molecule has 0 aliphatic carbocycles. The third-order valence-corrected chi connectivity index (χ3v) is 4.89. The molecular formula is C20H18BrNO4. The van der Waals surface area contributed by atoms with E-state index in [1.165, 1.54) is 0 Å². The fourth-order valence-electron chi connectivity index (χ4n) is 2.85. The zero-order valence-corrected chi connectivity index (χ0v) is 16.3. The van der Waals surface area contributed by atoms with Gasteiger partial charge in [-0.2, -0.15) is 0 Å². The summed E-state index contributed by atoms with van der Waals surface area (Å²) in [7, 11) is 1.87. The summed E-state index contributed by atoms with van der Waals surface area (Å²) in [5.74, 6) is -0.444. The summed E-state index contributed by atoms with van der Waals surface area (Å²) >= 11 is 3.44. The minimum absolute atomic E-state index is 0.286. The molecule has 0 spiro atoms. The molecule has 0 aliphatic rings. The second kappa shape index (κ2) is 7.33. The van der Waals surface area contributed by atoms with E-state index < -0.39 is 11.9 Å². The number of carbonyl (C=O) groups is 2. The molecule has 0 radical (unpaired) electrons. The van der Waals surface area contributed by atoms with Crippen LogP contribution in [0.5, 0.6) is 5.75 Å². The summed E-state index contributed by atoms with van der Waals surface area (Å²) in [6.07, 6.45) is 0. The number of hydrogen-bond acceptors (Lipinski definition) is 4. The van der Waals surface area contributed by atoms with E-state index in [2.05, 4.69) is 15.9 Å². The Kier molecular flexibility index (Phi) is 5.13. The van der Waals surface area contributed by atoms with Gasteiger partial charge in [-0.15, -0.1) is 0 Å². The van der Waals surface area contributed by atoms with Crippen LogP contribution in [0.2, 0.25) is 0 Å². The van der Waals surface area contributed by atoms with Crippen LogP contribution < -0.4 is 4.74 Å². The van der Waals surface area contributed by atoms with Crippen molar-refractivity contribution in [2.45, 2.75) is 13.8 Å². The highest BCUT2D eigenvalue weighted by molar-refractivity contribution is 9.10. The number of para-hydroxylation sites is 1. The van der Waals surface area contributed by atoms with E-state index >= 15 is 0 Å². The van der Waals surface area contributed by atoms with Crippen LogP contribution in [0, 0.1) is 6.92 Å². The molecule has 1 aromatic heterocycles. The van der Waals surface area contributed by atoms with Gasteiger partial charge in [0, 0.05) is 22.6 Å². The molecule has 0 N–H and O–H groups in total. The lowest BCUT2D eigenvalue weighted by Gasteiger charge is -2.07. The van der Waals surface area contributed by atoms with Crippen LogP contribution in [0.1, 0.15) is 33.3 Å². The van der Waals surface area contributed by atoms with Gasteiger partial charge in [-0.05, 0) is 54.0 Å². The summed E-state index contributed by atoms with van der Waals surface area (Å²) in [6, 6.07) is 12.3. The fraction of sp³-hybridized carbons (Fsp3) is 0.200. The number of rotatable bonds is 4. The van der Waals surface area contributed by atoms with Crippen molar-refractivity contribution in [3.8, 4) is 5.75 Å². The van der Waals surface area contributed by atoms with Gasteiger partial charge >= 0.3 is 11.9 Å². The number of nitrogens with zero attached hydrogens (tertiary/aromatic N) is 1. The van der Waals surface area contributed by atoms with E-state index in [1.807, 2.05) is 30.7 Å². The molecule has 0 aliphatic heterocycles. The van der Waals surface area contributed by atoms with Crippen molar-refractivity contribution in [2.75, 3.05) is 6.61 Å². The van der Waals surface area contributed by atoms with E-state index in [4.69, 9.17) is 9.47 Å². The quantitative estimate of drug-likeness (QED) is 0.459. The molecule has 2 aromatic carbocycles. The van der Waals surface area contributed by atoms with Crippen LogP contribution in [-0.4, -0.2) is 23.1 Å². The minimum atomic E-state index is -0.499. The summed E-state index contributed by atoms with van der Waals surface area (Å²) in [5.41, 5.74) is 2.41. The van der Waals surface area contributed by atoms with Gasteiger partial charge in [-0.3, -0.25) is 0 Å². The third-order valence-electron chi connectivity index (χ3n) is 4.23. The van der Waals surface area contributed by atoms with E-state index in [0.717, 1.165) is 11.2 Å². The largest absolute Gasteiger partial charge is 0.462 e. The number of ether oxygens (including phenoxy) is 2. The number of esters is 2. The molecule has 0 unspecified atom stereocenters. The molecule has 0 atom stereocenters. The monoisotopic (exact) mass is 415 g/mol.